The van der Waals surface area contributed by atoms with Crippen LogP contribution in [0.15, 0.2) is 48.1 Å². The minimum absolute atomic E-state index is 0.117. The molecule has 1 aromatic carbocycles. The number of amides is 1. The molecule has 5 nitrogen and oxygen atoms in total. The van der Waals surface area contributed by atoms with E-state index in [-0.39, 0.29) is 10.1 Å². The molecular weight excluding hydrogens is 396 g/mol. The van der Waals surface area contributed by atoms with Gasteiger partial charge in [0.1, 0.15) is 4.21 Å². The summed E-state index contributed by atoms with van der Waals surface area (Å²) in [6, 6.07) is 8.75. The van der Waals surface area contributed by atoms with Crippen LogP contribution < -0.4 is 10.5 Å². The van der Waals surface area contributed by atoms with Gasteiger partial charge in [0.15, 0.2) is 0 Å². The van der Waals surface area contributed by atoms with Crippen molar-refractivity contribution in [3.05, 3.63) is 34.8 Å². The van der Waals surface area contributed by atoms with Gasteiger partial charge < -0.3 is 5.32 Å². The highest BCUT2D eigenvalue weighted by molar-refractivity contribution is 9.10. The van der Waals surface area contributed by atoms with Gasteiger partial charge in [0, 0.05) is 22.0 Å². The van der Waals surface area contributed by atoms with Crippen LogP contribution in [-0.2, 0) is 14.8 Å². The molecule has 0 saturated carbocycles. The van der Waals surface area contributed by atoms with E-state index in [4.69, 9.17) is 5.14 Å². The van der Waals surface area contributed by atoms with Crippen LogP contribution >= 0.6 is 39.0 Å². The van der Waals surface area contributed by atoms with Gasteiger partial charge in [-0.25, -0.2) is 13.6 Å². The molecule has 0 spiro atoms. The third kappa shape index (κ3) is 4.55. The van der Waals surface area contributed by atoms with Crippen molar-refractivity contribution < 1.29 is 13.2 Å². The summed E-state index contributed by atoms with van der Waals surface area (Å²) in [7, 11) is -3.69. The first-order valence-electron chi connectivity index (χ1n) is 5.63. The lowest BCUT2D eigenvalue weighted by molar-refractivity contribution is -0.114. The van der Waals surface area contributed by atoms with Crippen LogP contribution in [0.3, 0.4) is 0 Å². The van der Waals surface area contributed by atoms with E-state index < -0.39 is 10.0 Å². The van der Waals surface area contributed by atoms with Crippen molar-refractivity contribution in [1.82, 2.24) is 0 Å². The molecule has 3 N–H and O–H groups in total. The monoisotopic (exact) mass is 406 g/mol. The number of benzene rings is 1. The molecule has 0 unspecified atom stereocenters. The highest BCUT2D eigenvalue weighted by Gasteiger charge is 2.16. The highest BCUT2D eigenvalue weighted by atomic mass is 79.9. The molecule has 0 radical (unpaired) electrons. The number of nitrogens with two attached hydrogens (primary N) is 1. The first kappa shape index (κ1) is 16.5. The maximum atomic E-state index is 11.3. The third-order valence-corrected chi connectivity index (χ3v) is 7.21. The van der Waals surface area contributed by atoms with Gasteiger partial charge in [-0.3, -0.25) is 4.79 Å². The van der Waals surface area contributed by atoms with E-state index >= 15 is 0 Å². The van der Waals surface area contributed by atoms with Gasteiger partial charge in [-0.2, -0.15) is 0 Å². The summed E-state index contributed by atoms with van der Waals surface area (Å²) in [4.78, 5) is 11.9. The predicted molar refractivity (Wildman–Crippen MR) is 88.3 cm³/mol. The number of carbonyl (C=O) groups is 1. The summed E-state index contributed by atoms with van der Waals surface area (Å²) < 4.78 is 24.2. The zero-order chi connectivity index (χ0) is 15.6. The fourth-order valence-corrected chi connectivity index (χ4v) is 5.51. The van der Waals surface area contributed by atoms with E-state index in [9.17, 15) is 13.2 Å². The first-order chi connectivity index (χ1) is 9.75. The van der Waals surface area contributed by atoms with Crippen LogP contribution in [0.1, 0.15) is 6.92 Å². The lowest BCUT2D eigenvalue weighted by atomic mass is 10.3. The van der Waals surface area contributed by atoms with Crippen LogP contribution in [0.2, 0.25) is 0 Å². The Bertz CT molecular complexity index is 770. The first-order valence-corrected chi connectivity index (χ1v) is 9.60. The van der Waals surface area contributed by atoms with E-state index in [1.807, 2.05) is 12.1 Å². The molecule has 0 saturated heterocycles. The number of anilines is 1. The number of thiophene rings is 1. The standard InChI is InChI=1S/C12H11BrN2O3S3/c1-7(16)15-8-2-4-9(5-3-8)19-12-10(13)6-11(20-12)21(14,17)18/h2-6H,1H3,(H,15,16)(H2,14,17,18). The van der Waals surface area contributed by atoms with Crippen molar-refractivity contribution in [2.75, 3.05) is 5.32 Å². The second-order valence-corrected chi connectivity index (χ2v) is 9.09. The summed E-state index contributed by atoms with van der Waals surface area (Å²) in [5, 5.41) is 7.79. The molecular formula is C12H11BrN2O3S3. The van der Waals surface area contributed by atoms with E-state index in [1.54, 1.807) is 12.1 Å². The normalized spacial score (nSPS) is 11.4. The van der Waals surface area contributed by atoms with Crippen molar-refractivity contribution in [2.24, 2.45) is 5.14 Å². The largest absolute Gasteiger partial charge is 0.326 e. The highest BCUT2D eigenvalue weighted by Crippen LogP contribution is 2.41. The lowest BCUT2D eigenvalue weighted by Crippen LogP contribution is -2.09. The Morgan fingerprint density at radius 3 is 2.43 bits per heavy atom. The number of primary sulfonamides is 1. The van der Waals surface area contributed by atoms with Crippen molar-refractivity contribution in [3.63, 3.8) is 0 Å². The minimum Gasteiger partial charge on any atom is -0.326 e. The van der Waals surface area contributed by atoms with Crippen molar-refractivity contribution in [2.45, 2.75) is 20.2 Å². The summed E-state index contributed by atoms with van der Waals surface area (Å²) >= 11 is 5.85. The second kappa shape index (κ2) is 6.49. The number of hydrogen-bond acceptors (Lipinski definition) is 5. The Morgan fingerprint density at radius 1 is 1.33 bits per heavy atom. The Labute approximate surface area is 139 Å². The molecule has 1 heterocycles. The molecule has 0 atom stereocenters. The van der Waals surface area contributed by atoms with Gasteiger partial charge in [-0.1, -0.05) is 11.8 Å². The van der Waals surface area contributed by atoms with Gasteiger partial charge in [-0.05, 0) is 46.3 Å². The van der Waals surface area contributed by atoms with E-state index in [1.165, 1.54) is 24.8 Å². The summed E-state index contributed by atoms with van der Waals surface area (Å²) in [6.07, 6.45) is 0. The Hall–Kier alpha value is -0.870. The molecule has 9 heteroatoms. The number of rotatable bonds is 4. The Morgan fingerprint density at radius 2 is 1.95 bits per heavy atom. The molecule has 0 aliphatic rings. The van der Waals surface area contributed by atoms with Gasteiger partial charge in [0.25, 0.3) is 0 Å². The van der Waals surface area contributed by atoms with Crippen LogP contribution in [0, 0.1) is 0 Å². The molecule has 0 bridgehead atoms. The molecule has 0 aliphatic carbocycles. The predicted octanol–water partition coefficient (Wildman–Crippen LogP) is 3.27. The Kier molecular flexibility index (Phi) is 5.10. The average molecular weight is 407 g/mol. The smallest absolute Gasteiger partial charge is 0.247 e. The number of nitrogens with one attached hydrogen (secondary N) is 1. The number of carbonyl (C=O) groups excluding carboxylic acids is 1. The zero-order valence-electron chi connectivity index (χ0n) is 10.8. The number of halogens is 1. The van der Waals surface area contributed by atoms with Crippen LogP contribution in [0.25, 0.3) is 0 Å². The molecule has 0 fully saturated rings. The summed E-state index contributed by atoms with van der Waals surface area (Å²) in [6.45, 7) is 1.44. The van der Waals surface area contributed by atoms with Gasteiger partial charge >= 0.3 is 0 Å². The molecule has 1 aromatic heterocycles. The molecule has 21 heavy (non-hydrogen) atoms. The summed E-state index contributed by atoms with van der Waals surface area (Å²) in [5.74, 6) is -0.130. The van der Waals surface area contributed by atoms with E-state index in [0.717, 1.165) is 20.4 Å². The van der Waals surface area contributed by atoms with Crippen LogP contribution in [0.5, 0.6) is 0 Å². The molecule has 2 rings (SSSR count). The topological polar surface area (TPSA) is 89.3 Å². The maximum absolute atomic E-state index is 11.3. The molecule has 0 aliphatic heterocycles. The molecule has 1 amide bonds. The van der Waals surface area contributed by atoms with Crippen molar-refractivity contribution >= 4 is 60.6 Å². The second-order valence-electron chi connectivity index (χ2n) is 4.05. The number of sulfonamides is 1. The minimum atomic E-state index is -3.69. The van der Waals surface area contributed by atoms with Crippen molar-refractivity contribution in [3.8, 4) is 0 Å². The van der Waals surface area contributed by atoms with E-state index in [0.29, 0.717) is 10.2 Å². The van der Waals surface area contributed by atoms with Crippen molar-refractivity contribution in [1.29, 1.82) is 0 Å². The van der Waals surface area contributed by atoms with Crippen LogP contribution in [-0.4, -0.2) is 14.3 Å². The fraction of sp³-hybridized carbons (Fsp3) is 0.0833. The lowest BCUT2D eigenvalue weighted by Gasteiger charge is -2.03. The quantitative estimate of drug-likeness (QED) is 0.814. The zero-order valence-corrected chi connectivity index (χ0v) is 14.8. The Balaban J connectivity index is 2.19. The van der Waals surface area contributed by atoms with Crippen LogP contribution in [0.4, 0.5) is 5.69 Å². The molecule has 2 aromatic rings. The maximum Gasteiger partial charge on any atom is 0.247 e. The molecule has 112 valence electrons. The SMILES string of the molecule is CC(=O)Nc1ccc(Sc2sc(S(N)(=O)=O)cc2Br)cc1. The summed E-state index contributed by atoms with van der Waals surface area (Å²) in [5.41, 5.74) is 0.710. The number of hydrogen-bond donors (Lipinski definition) is 2. The fourth-order valence-electron chi connectivity index (χ4n) is 1.46. The average Bonchev–Trinajstić information content (AvgIpc) is 2.73. The third-order valence-electron chi connectivity index (χ3n) is 2.30. The van der Waals surface area contributed by atoms with Gasteiger partial charge in [0.05, 0.1) is 4.21 Å². The van der Waals surface area contributed by atoms with Gasteiger partial charge in [0.2, 0.25) is 15.9 Å². The van der Waals surface area contributed by atoms with Gasteiger partial charge in [-0.15, -0.1) is 11.3 Å². The van der Waals surface area contributed by atoms with E-state index in [2.05, 4.69) is 21.2 Å².